The minimum Gasteiger partial charge on any atom is -0.335 e. The molecule has 1 aromatic carbocycles. The van der Waals surface area contributed by atoms with Crippen LogP contribution in [0.1, 0.15) is 65.7 Å². The van der Waals surface area contributed by atoms with E-state index in [1.165, 1.54) is 30.6 Å². The molecule has 2 fully saturated rings. The maximum Gasteiger partial charge on any atom is 0.317 e. The van der Waals surface area contributed by atoms with Crippen LogP contribution in [0, 0.1) is 0 Å². The fourth-order valence-corrected chi connectivity index (χ4v) is 4.94. The fourth-order valence-electron chi connectivity index (χ4n) is 4.07. The van der Waals surface area contributed by atoms with Crippen LogP contribution in [0.5, 0.6) is 0 Å². The second-order valence-electron chi connectivity index (χ2n) is 7.84. The summed E-state index contributed by atoms with van der Waals surface area (Å²) in [5, 5.41) is 15.6. The van der Waals surface area contributed by atoms with Gasteiger partial charge in [-0.1, -0.05) is 48.8 Å². The lowest BCUT2D eigenvalue weighted by atomic mass is 9.95. The molecule has 2 N–H and O–H groups in total. The molecule has 2 aromatic rings. The van der Waals surface area contributed by atoms with Crippen molar-refractivity contribution in [3.63, 3.8) is 0 Å². The normalized spacial score (nSPS) is 20.3. The molecule has 1 aliphatic carbocycles. The minimum atomic E-state index is -0.248. The summed E-state index contributed by atoms with van der Waals surface area (Å²) in [6.07, 6.45) is 7.74. The third kappa shape index (κ3) is 5.12. The Labute approximate surface area is 174 Å². The molecule has 154 valence electrons. The highest BCUT2D eigenvalue weighted by molar-refractivity contribution is 7.13. The third-order valence-electron chi connectivity index (χ3n) is 5.66. The number of para-hydroxylation sites is 1. The number of aromatic nitrogens is 2. The van der Waals surface area contributed by atoms with Crippen molar-refractivity contribution in [3.05, 3.63) is 40.3 Å². The number of carbonyl (C=O) groups excluding carboxylic acids is 2. The minimum absolute atomic E-state index is 0.0353. The quantitative estimate of drug-likeness (QED) is 0.793. The average molecular weight is 414 g/mol. The highest BCUT2D eigenvalue weighted by Crippen LogP contribution is 2.29. The molecule has 7 nitrogen and oxygen atoms in total. The molecule has 2 heterocycles. The van der Waals surface area contributed by atoms with Gasteiger partial charge in [-0.05, 0) is 37.8 Å². The second kappa shape index (κ2) is 9.35. The highest BCUT2D eigenvalue weighted by atomic mass is 32.1. The lowest BCUT2D eigenvalue weighted by Gasteiger charge is -2.33. The van der Waals surface area contributed by atoms with Gasteiger partial charge in [0.25, 0.3) is 5.91 Å². The van der Waals surface area contributed by atoms with Crippen LogP contribution in [0.25, 0.3) is 0 Å². The monoisotopic (exact) mass is 413 g/mol. The Morgan fingerprint density at radius 2 is 1.79 bits per heavy atom. The van der Waals surface area contributed by atoms with Gasteiger partial charge in [0.1, 0.15) is 5.01 Å². The summed E-state index contributed by atoms with van der Waals surface area (Å²) >= 11 is 1.32. The van der Waals surface area contributed by atoms with Crippen molar-refractivity contribution in [2.24, 2.45) is 0 Å². The van der Waals surface area contributed by atoms with Gasteiger partial charge in [0.2, 0.25) is 5.01 Å². The van der Waals surface area contributed by atoms with E-state index in [4.69, 9.17) is 0 Å². The Kier molecular flexibility index (Phi) is 6.39. The Balaban J connectivity index is 1.34. The van der Waals surface area contributed by atoms with E-state index >= 15 is 0 Å². The topological polar surface area (TPSA) is 87.2 Å². The number of amides is 3. The highest BCUT2D eigenvalue weighted by Gasteiger charge is 2.29. The number of likely N-dealkylation sites (tertiary alicyclic amines) is 1. The fraction of sp³-hybridized carbons (Fsp3) is 0.524. The second-order valence-corrected chi connectivity index (χ2v) is 8.84. The van der Waals surface area contributed by atoms with Crippen LogP contribution in [-0.2, 0) is 0 Å². The molecule has 1 atom stereocenters. The molecule has 1 aliphatic heterocycles. The molecule has 8 heteroatoms. The van der Waals surface area contributed by atoms with Crippen LogP contribution >= 0.6 is 11.3 Å². The number of nitrogens with one attached hydrogen (secondary N) is 2. The number of nitrogens with zero attached hydrogens (tertiary/aromatic N) is 3. The van der Waals surface area contributed by atoms with E-state index in [0.717, 1.165) is 42.9 Å². The summed E-state index contributed by atoms with van der Waals surface area (Å²) in [7, 11) is 0. The van der Waals surface area contributed by atoms with Crippen LogP contribution in [0.15, 0.2) is 30.3 Å². The third-order valence-corrected chi connectivity index (χ3v) is 6.74. The van der Waals surface area contributed by atoms with E-state index in [2.05, 4.69) is 20.8 Å². The van der Waals surface area contributed by atoms with Gasteiger partial charge in [0.15, 0.2) is 0 Å². The van der Waals surface area contributed by atoms with Crippen LogP contribution in [0.4, 0.5) is 10.5 Å². The molecule has 1 aromatic heterocycles. The number of hydrogen-bond donors (Lipinski definition) is 2. The van der Waals surface area contributed by atoms with E-state index in [-0.39, 0.29) is 17.9 Å². The van der Waals surface area contributed by atoms with Crippen LogP contribution in [-0.4, -0.2) is 46.2 Å². The summed E-state index contributed by atoms with van der Waals surface area (Å²) < 4.78 is 0. The van der Waals surface area contributed by atoms with Gasteiger partial charge in [0.05, 0.1) is 0 Å². The molecule has 0 bridgehead atoms. The Bertz CT molecular complexity index is 835. The zero-order valence-corrected chi connectivity index (χ0v) is 17.3. The van der Waals surface area contributed by atoms with Crippen molar-refractivity contribution in [1.29, 1.82) is 0 Å². The summed E-state index contributed by atoms with van der Waals surface area (Å²) in [5.41, 5.74) is 0.734. The molecular weight excluding hydrogens is 386 g/mol. The average Bonchev–Trinajstić information content (AvgIpc) is 3.26. The largest absolute Gasteiger partial charge is 0.335 e. The number of piperidine rings is 1. The number of hydrogen-bond acceptors (Lipinski definition) is 5. The molecule has 1 saturated heterocycles. The number of anilines is 1. The summed E-state index contributed by atoms with van der Waals surface area (Å²) in [6.45, 7) is 1.41. The van der Waals surface area contributed by atoms with E-state index in [1.54, 1.807) is 0 Å². The van der Waals surface area contributed by atoms with Crippen molar-refractivity contribution >= 4 is 29.0 Å². The molecule has 3 amide bonds. The van der Waals surface area contributed by atoms with Gasteiger partial charge < -0.3 is 15.5 Å². The molecule has 0 radical (unpaired) electrons. The SMILES string of the molecule is O=C(Nc1ccccc1)c1nnc([C@@H]2CCCN(C(=O)NC3CCCCC3)C2)s1. The smallest absolute Gasteiger partial charge is 0.317 e. The maximum atomic E-state index is 12.7. The lowest BCUT2D eigenvalue weighted by Crippen LogP contribution is -2.48. The predicted octanol–water partition coefficient (Wildman–Crippen LogP) is 4.01. The van der Waals surface area contributed by atoms with Gasteiger partial charge in [-0.2, -0.15) is 0 Å². The first-order chi connectivity index (χ1) is 14.2. The first-order valence-corrected chi connectivity index (χ1v) is 11.3. The molecule has 2 aliphatic rings. The molecular formula is C21H27N5O2S. The number of rotatable bonds is 4. The first kappa shape index (κ1) is 19.8. The summed E-state index contributed by atoms with van der Waals surface area (Å²) in [5.74, 6) is -0.112. The van der Waals surface area contributed by atoms with E-state index in [1.807, 2.05) is 35.2 Å². The molecule has 0 spiro atoms. The van der Waals surface area contributed by atoms with Gasteiger partial charge >= 0.3 is 6.03 Å². The molecule has 29 heavy (non-hydrogen) atoms. The van der Waals surface area contributed by atoms with Crippen LogP contribution in [0.3, 0.4) is 0 Å². The van der Waals surface area contributed by atoms with Crippen molar-refractivity contribution in [3.8, 4) is 0 Å². The Morgan fingerprint density at radius 3 is 2.59 bits per heavy atom. The zero-order valence-electron chi connectivity index (χ0n) is 16.5. The van der Waals surface area contributed by atoms with Gasteiger partial charge in [-0.15, -0.1) is 10.2 Å². The predicted molar refractivity (Wildman–Crippen MR) is 113 cm³/mol. The number of urea groups is 1. The maximum absolute atomic E-state index is 12.7. The van der Waals surface area contributed by atoms with Gasteiger partial charge in [0, 0.05) is 30.7 Å². The summed E-state index contributed by atoms with van der Waals surface area (Å²) in [4.78, 5) is 27.0. The van der Waals surface area contributed by atoms with Crippen molar-refractivity contribution in [2.45, 2.75) is 56.9 Å². The van der Waals surface area contributed by atoms with E-state index in [0.29, 0.717) is 17.6 Å². The summed E-state index contributed by atoms with van der Waals surface area (Å²) in [6, 6.07) is 9.66. The number of benzene rings is 1. The van der Waals surface area contributed by atoms with Crippen molar-refractivity contribution < 1.29 is 9.59 Å². The Hall–Kier alpha value is -2.48. The van der Waals surface area contributed by atoms with Crippen molar-refractivity contribution in [2.75, 3.05) is 18.4 Å². The van der Waals surface area contributed by atoms with Gasteiger partial charge in [-0.3, -0.25) is 4.79 Å². The van der Waals surface area contributed by atoms with Gasteiger partial charge in [-0.25, -0.2) is 4.79 Å². The Morgan fingerprint density at radius 1 is 1.00 bits per heavy atom. The number of carbonyl (C=O) groups is 2. The van der Waals surface area contributed by atoms with E-state index in [9.17, 15) is 9.59 Å². The van der Waals surface area contributed by atoms with Crippen molar-refractivity contribution in [1.82, 2.24) is 20.4 Å². The van der Waals surface area contributed by atoms with Crippen LogP contribution in [0.2, 0.25) is 0 Å². The zero-order chi connectivity index (χ0) is 20.1. The lowest BCUT2D eigenvalue weighted by molar-refractivity contribution is 0.102. The first-order valence-electron chi connectivity index (χ1n) is 10.4. The standard InChI is InChI=1S/C21H27N5O2S/c27-18(22-16-9-3-1-4-10-16)20-25-24-19(29-20)15-8-7-13-26(14-15)21(28)23-17-11-5-2-6-12-17/h1,3-4,9-10,15,17H,2,5-8,11-14H2,(H,22,27)(H,23,28)/t15-/m1/s1. The molecule has 1 saturated carbocycles. The van der Waals surface area contributed by atoms with Crippen LogP contribution < -0.4 is 10.6 Å². The molecule has 0 unspecified atom stereocenters. The van der Waals surface area contributed by atoms with E-state index < -0.39 is 0 Å². The molecule has 4 rings (SSSR count).